The summed E-state index contributed by atoms with van der Waals surface area (Å²) in [5.74, 6) is 0.0939. The monoisotopic (exact) mass is 232 g/mol. The molecule has 3 heteroatoms. The minimum atomic E-state index is -0.170. The number of ketones is 1. The lowest BCUT2D eigenvalue weighted by Crippen LogP contribution is -2.31. The van der Waals surface area contributed by atoms with Crippen LogP contribution in [0.2, 0.25) is 0 Å². The summed E-state index contributed by atoms with van der Waals surface area (Å²) in [5.41, 5.74) is 1.12. The molecule has 0 radical (unpaired) electrons. The summed E-state index contributed by atoms with van der Waals surface area (Å²) >= 11 is 0. The van der Waals surface area contributed by atoms with Crippen molar-refractivity contribution in [2.75, 3.05) is 0 Å². The molecule has 1 aliphatic rings. The van der Waals surface area contributed by atoms with Gasteiger partial charge in [0.25, 0.3) is 0 Å². The van der Waals surface area contributed by atoms with Crippen LogP contribution in [0.5, 0.6) is 0 Å². The summed E-state index contributed by atoms with van der Waals surface area (Å²) in [6, 6.07) is 9.96. The molecule has 1 heterocycles. The van der Waals surface area contributed by atoms with Gasteiger partial charge in [-0.2, -0.15) is 0 Å². The zero-order valence-electron chi connectivity index (χ0n) is 9.84. The van der Waals surface area contributed by atoms with Crippen molar-refractivity contribution in [3.05, 3.63) is 48.2 Å². The molecule has 0 aliphatic carbocycles. The highest BCUT2D eigenvalue weighted by molar-refractivity contribution is 5.90. The van der Waals surface area contributed by atoms with Gasteiger partial charge in [0.2, 0.25) is 0 Å². The topological polar surface area (TPSA) is 35.5 Å². The fourth-order valence-electron chi connectivity index (χ4n) is 1.72. The molecule has 0 aromatic heterocycles. The fraction of sp³-hybridized carbons (Fsp3) is 0.357. The molecule has 0 unspecified atom stereocenters. The maximum atomic E-state index is 11.2. The minimum absolute atomic E-state index is 0.0934. The highest BCUT2D eigenvalue weighted by Gasteiger charge is 2.23. The summed E-state index contributed by atoms with van der Waals surface area (Å²) in [5, 5.41) is 0. The van der Waals surface area contributed by atoms with Crippen molar-refractivity contribution in [1.29, 1.82) is 0 Å². The molecule has 0 bridgehead atoms. The van der Waals surface area contributed by atoms with Gasteiger partial charge in [0, 0.05) is 6.08 Å². The Balaban J connectivity index is 1.83. The lowest BCUT2D eigenvalue weighted by Gasteiger charge is -2.25. The molecular weight excluding hydrogens is 216 g/mol. The van der Waals surface area contributed by atoms with Gasteiger partial charge in [-0.1, -0.05) is 30.3 Å². The van der Waals surface area contributed by atoms with Crippen LogP contribution < -0.4 is 0 Å². The van der Waals surface area contributed by atoms with E-state index >= 15 is 0 Å². The van der Waals surface area contributed by atoms with Gasteiger partial charge in [-0.05, 0) is 12.5 Å². The summed E-state index contributed by atoms with van der Waals surface area (Å²) in [7, 11) is 0. The molecule has 17 heavy (non-hydrogen) atoms. The number of carbonyl (C=O) groups is 1. The predicted molar refractivity (Wildman–Crippen MR) is 64.3 cm³/mol. The lowest BCUT2D eigenvalue weighted by atomic mass is 10.1. The molecule has 0 spiro atoms. The van der Waals surface area contributed by atoms with Crippen molar-refractivity contribution < 1.29 is 14.3 Å². The number of hydrogen-bond acceptors (Lipinski definition) is 3. The number of allylic oxidation sites excluding steroid dienone is 1. The van der Waals surface area contributed by atoms with Crippen molar-refractivity contribution in [2.24, 2.45) is 0 Å². The second-order valence-electron chi connectivity index (χ2n) is 4.15. The van der Waals surface area contributed by atoms with E-state index in [1.54, 1.807) is 0 Å². The van der Waals surface area contributed by atoms with Crippen LogP contribution in [0.15, 0.2) is 42.7 Å². The van der Waals surface area contributed by atoms with Crippen LogP contribution in [-0.2, 0) is 20.9 Å². The summed E-state index contributed by atoms with van der Waals surface area (Å²) in [4.78, 5) is 11.2. The number of rotatable bonds is 4. The van der Waals surface area contributed by atoms with E-state index in [0.29, 0.717) is 13.0 Å². The van der Waals surface area contributed by atoms with E-state index in [0.717, 1.165) is 5.56 Å². The van der Waals surface area contributed by atoms with Crippen molar-refractivity contribution in [3.63, 3.8) is 0 Å². The second kappa shape index (κ2) is 5.64. The van der Waals surface area contributed by atoms with E-state index in [9.17, 15) is 4.79 Å². The van der Waals surface area contributed by atoms with E-state index in [1.807, 2.05) is 37.3 Å². The third-order valence-corrected chi connectivity index (χ3v) is 2.79. The Hall–Kier alpha value is -1.61. The summed E-state index contributed by atoms with van der Waals surface area (Å²) in [6.07, 6.45) is 3.05. The molecule has 0 fully saturated rings. The number of ether oxygens (including phenoxy) is 2. The van der Waals surface area contributed by atoms with Crippen LogP contribution in [0.1, 0.15) is 18.9 Å². The van der Waals surface area contributed by atoms with Gasteiger partial charge in [0.1, 0.15) is 6.10 Å². The quantitative estimate of drug-likeness (QED) is 0.800. The average molecular weight is 232 g/mol. The van der Waals surface area contributed by atoms with Crippen LogP contribution >= 0.6 is 0 Å². The molecule has 1 aromatic rings. The zero-order valence-corrected chi connectivity index (χ0v) is 9.84. The first-order valence-corrected chi connectivity index (χ1v) is 5.76. The molecule has 1 aromatic carbocycles. The first-order valence-electron chi connectivity index (χ1n) is 5.76. The first-order chi connectivity index (χ1) is 8.25. The van der Waals surface area contributed by atoms with Gasteiger partial charge in [-0.25, -0.2) is 0 Å². The molecule has 0 saturated carbocycles. The smallest absolute Gasteiger partial charge is 0.162 e. The lowest BCUT2D eigenvalue weighted by molar-refractivity contribution is -0.122. The zero-order chi connectivity index (χ0) is 12.1. The highest BCUT2D eigenvalue weighted by atomic mass is 16.5. The molecular formula is C14H16O3. The van der Waals surface area contributed by atoms with Gasteiger partial charge in [0.15, 0.2) is 5.78 Å². The van der Waals surface area contributed by atoms with Gasteiger partial charge >= 0.3 is 0 Å². The van der Waals surface area contributed by atoms with Crippen LogP contribution in [0.25, 0.3) is 0 Å². The van der Waals surface area contributed by atoms with E-state index in [-0.39, 0.29) is 18.0 Å². The van der Waals surface area contributed by atoms with Crippen LogP contribution in [0, 0.1) is 0 Å². The molecule has 0 N–H and O–H groups in total. The maximum absolute atomic E-state index is 11.2. The largest absolute Gasteiger partial charge is 0.495 e. The molecule has 3 nitrogen and oxygen atoms in total. The average Bonchev–Trinajstić information content (AvgIpc) is 2.37. The van der Waals surface area contributed by atoms with Gasteiger partial charge < -0.3 is 9.47 Å². The van der Waals surface area contributed by atoms with Gasteiger partial charge in [-0.15, -0.1) is 0 Å². The van der Waals surface area contributed by atoms with E-state index in [4.69, 9.17) is 9.47 Å². The third-order valence-electron chi connectivity index (χ3n) is 2.79. The second-order valence-corrected chi connectivity index (χ2v) is 4.15. The van der Waals surface area contributed by atoms with Crippen molar-refractivity contribution in [2.45, 2.75) is 32.2 Å². The Kier molecular flexibility index (Phi) is 3.94. The molecule has 0 amide bonds. The Bertz CT molecular complexity index is 397. The standard InChI is InChI=1S/C14H16O3/c1-11(14-9-13(15)7-8-16-14)17-10-12-5-3-2-4-6-12/h2-8,11,14H,9-10H2,1H3/t11-,14+/m1/s1. The van der Waals surface area contributed by atoms with Crippen LogP contribution in [0.3, 0.4) is 0 Å². The SMILES string of the molecule is C[C@@H](OCc1ccccc1)[C@@H]1CC(=O)C=CO1. The fourth-order valence-corrected chi connectivity index (χ4v) is 1.72. The van der Waals surface area contributed by atoms with E-state index in [1.165, 1.54) is 12.3 Å². The number of benzene rings is 1. The molecule has 90 valence electrons. The Morgan fingerprint density at radius 3 is 2.88 bits per heavy atom. The van der Waals surface area contributed by atoms with E-state index in [2.05, 4.69) is 0 Å². The van der Waals surface area contributed by atoms with E-state index < -0.39 is 0 Å². The van der Waals surface area contributed by atoms with Gasteiger partial charge in [-0.3, -0.25) is 4.79 Å². The van der Waals surface area contributed by atoms with Gasteiger partial charge in [0.05, 0.1) is 25.4 Å². The summed E-state index contributed by atoms with van der Waals surface area (Å²) < 4.78 is 11.1. The van der Waals surface area contributed by atoms with Crippen LogP contribution in [-0.4, -0.2) is 18.0 Å². The van der Waals surface area contributed by atoms with Crippen LogP contribution in [0.4, 0.5) is 0 Å². The summed E-state index contributed by atoms with van der Waals surface area (Å²) in [6.45, 7) is 2.47. The Labute approximate surface area is 101 Å². The van der Waals surface area contributed by atoms with Crippen molar-refractivity contribution >= 4 is 5.78 Å². The first kappa shape index (κ1) is 11.9. The van der Waals surface area contributed by atoms with Crippen molar-refractivity contribution in [3.8, 4) is 0 Å². The number of carbonyl (C=O) groups excluding carboxylic acids is 1. The number of hydrogen-bond donors (Lipinski definition) is 0. The maximum Gasteiger partial charge on any atom is 0.162 e. The Morgan fingerprint density at radius 2 is 2.18 bits per heavy atom. The normalized spacial score (nSPS) is 21.0. The molecule has 2 rings (SSSR count). The minimum Gasteiger partial charge on any atom is -0.495 e. The molecule has 0 saturated heterocycles. The third kappa shape index (κ3) is 3.43. The Morgan fingerprint density at radius 1 is 1.41 bits per heavy atom. The predicted octanol–water partition coefficient (Wildman–Crippen LogP) is 2.46. The molecule has 1 aliphatic heterocycles. The van der Waals surface area contributed by atoms with Crippen molar-refractivity contribution in [1.82, 2.24) is 0 Å². The highest BCUT2D eigenvalue weighted by Crippen LogP contribution is 2.15. The molecule has 2 atom stereocenters.